The van der Waals surface area contributed by atoms with Crippen LogP contribution in [0.2, 0.25) is 5.02 Å². The number of ether oxygens (including phenoxy) is 2. The number of carbonyl (C=O) groups is 2. The lowest BCUT2D eigenvalue weighted by Crippen LogP contribution is -2.36. The van der Waals surface area contributed by atoms with Gasteiger partial charge in [-0.05, 0) is 30.5 Å². The van der Waals surface area contributed by atoms with Gasteiger partial charge in [0.1, 0.15) is 0 Å². The fourth-order valence-corrected chi connectivity index (χ4v) is 4.22. The molecule has 122 valence electrons. The average molecular weight is 336 g/mol. The van der Waals surface area contributed by atoms with Crippen molar-refractivity contribution >= 4 is 23.4 Å². The number of imide groups is 1. The van der Waals surface area contributed by atoms with Gasteiger partial charge in [0, 0.05) is 6.42 Å². The second-order valence-corrected chi connectivity index (χ2v) is 7.02. The van der Waals surface area contributed by atoms with Crippen LogP contribution < -0.4 is 9.47 Å². The number of hydrogen-bond donors (Lipinski definition) is 0. The first-order valence-electron chi connectivity index (χ1n) is 8.02. The van der Waals surface area contributed by atoms with Crippen molar-refractivity contribution in [1.29, 1.82) is 0 Å². The molecule has 4 rings (SSSR count). The Hall–Kier alpha value is -1.75. The number of amides is 2. The van der Waals surface area contributed by atoms with Crippen molar-refractivity contribution in [2.75, 3.05) is 6.79 Å². The van der Waals surface area contributed by atoms with Crippen LogP contribution in [0, 0.1) is 5.41 Å². The van der Waals surface area contributed by atoms with E-state index in [1.807, 2.05) is 0 Å². The highest BCUT2D eigenvalue weighted by Crippen LogP contribution is 2.46. The smallest absolute Gasteiger partial charge is 0.236 e. The summed E-state index contributed by atoms with van der Waals surface area (Å²) in [7, 11) is 0. The first-order valence-corrected chi connectivity index (χ1v) is 8.40. The predicted octanol–water partition coefficient (Wildman–Crippen LogP) is 3.28. The van der Waals surface area contributed by atoms with Crippen LogP contribution in [-0.2, 0) is 16.1 Å². The molecule has 1 aromatic rings. The van der Waals surface area contributed by atoms with Crippen LogP contribution in [0.5, 0.6) is 11.5 Å². The van der Waals surface area contributed by atoms with Crippen LogP contribution in [0.25, 0.3) is 0 Å². The Morgan fingerprint density at radius 1 is 1.13 bits per heavy atom. The van der Waals surface area contributed by atoms with Crippen LogP contribution in [0.4, 0.5) is 0 Å². The van der Waals surface area contributed by atoms with Crippen LogP contribution >= 0.6 is 11.6 Å². The number of benzene rings is 1. The van der Waals surface area contributed by atoms with Gasteiger partial charge in [0.05, 0.1) is 17.0 Å². The zero-order chi connectivity index (χ0) is 16.0. The van der Waals surface area contributed by atoms with E-state index in [0.717, 1.165) is 37.7 Å². The van der Waals surface area contributed by atoms with E-state index in [4.69, 9.17) is 21.1 Å². The van der Waals surface area contributed by atoms with Gasteiger partial charge in [0.2, 0.25) is 18.6 Å². The maximum atomic E-state index is 12.8. The molecular weight excluding hydrogens is 318 g/mol. The van der Waals surface area contributed by atoms with Gasteiger partial charge in [-0.3, -0.25) is 14.5 Å². The molecule has 1 spiro atoms. The third-order valence-electron chi connectivity index (χ3n) is 5.13. The Kier molecular flexibility index (Phi) is 3.48. The fraction of sp³-hybridized carbons (Fsp3) is 0.529. The highest BCUT2D eigenvalue weighted by molar-refractivity contribution is 6.32. The molecule has 1 aliphatic carbocycles. The van der Waals surface area contributed by atoms with E-state index in [0.29, 0.717) is 22.9 Å². The van der Waals surface area contributed by atoms with Crippen molar-refractivity contribution in [2.24, 2.45) is 5.41 Å². The zero-order valence-electron chi connectivity index (χ0n) is 12.8. The Bertz CT molecular complexity index is 681. The summed E-state index contributed by atoms with van der Waals surface area (Å²) in [5.74, 6) is 0.999. The van der Waals surface area contributed by atoms with Gasteiger partial charge >= 0.3 is 0 Å². The minimum atomic E-state index is -0.449. The Labute approximate surface area is 139 Å². The molecular formula is C17H18ClNO4. The molecule has 2 fully saturated rings. The standard InChI is InChI=1S/C17H18ClNO4/c18-12-6-11(7-13-15(12)23-10-22-13)9-19-14(20)8-17(16(19)21)4-2-1-3-5-17/h6-7H,1-5,8-10H2. The summed E-state index contributed by atoms with van der Waals surface area (Å²) < 4.78 is 10.6. The molecule has 0 N–H and O–H groups in total. The second-order valence-electron chi connectivity index (χ2n) is 6.61. The van der Waals surface area contributed by atoms with Gasteiger partial charge in [0.25, 0.3) is 0 Å². The molecule has 0 radical (unpaired) electrons. The quantitative estimate of drug-likeness (QED) is 0.778. The van der Waals surface area contributed by atoms with Crippen LogP contribution in [0.1, 0.15) is 44.1 Å². The monoisotopic (exact) mass is 335 g/mol. The first kappa shape index (κ1) is 14.8. The van der Waals surface area contributed by atoms with Crippen molar-refractivity contribution in [3.05, 3.63) is 22.7 Å². The Morgan fingerprint density at radius 3 is 2.70 bits per heavy atom. The van der Waals surface area contributed by atoms with E-state index in [1.165, 1.54) is 4.90 Å². The summed E-state index contributed by atoms with van der Waals surface area (Å²) in [5, 5.41) is 0.446. The zero-order valence-corrected chi connectivity index (χ0v) is 13.5. The molecule has 6 heteroatoms. The lowest BCUT2D eigenvalue weighted by molar-refractivity contribution is -0.142. The number of fused-ring (bicyclic) bond motifs is 1. The normalized spacial score (nSPS) is 22.2. The number of likely N-dealkylation sites (tertiary alicyclic amines) is 1. The van der Waals surface area contributed by atoms with E-state index in [1.54, 1.807) is 12.1 Å². The molecule has 2 heterocycles. The molecule has 0 aromatic heterocycles. The number of carbonyl (C=O) groups excluding carboxylic acids is 2. The minimum Gasteiger partial charge on any atom is -0.454 e. The molecule has 0 unspecified atom stereocenters. The Morgan fingerprint density at radius 2 is 1.91 bits per heavy atom. The predicted molar refractivity (Wildman–Crippen MR) is 83.3 cm³/mol. The van der Waals surface area contributed by atoms with E-state index in [2.05, 4.69) is 0 Å². The summed E-state index contributed by atoms with van der Waals surface area (Å²) in [6.45, 7) is 0.388. The highest BCUT2D eigenvalue weighted by Gasteiger charge is 2.51. The summed E-state index contributed by atoms with van der Waals surface area (Å²) in [6, 6.07) is 3.53. The van der Waals surface area contributed by atoms with Crippen molar-refractivity contribution < 1.29 is 19.1 Å². The number of halogens is 1. The van der Waals surface area contributed by atoms with Gasteiger partial charge in [-0.25, -0.2) is 0 Å². The average Bonchev–Trinajstić information content (AvgIpc) is 3.08. The van der Waals surface area contributed by atoms with Gasteiger partial charge in [-0.1, -0.05) is 30.9 Å². The van der Waals surface area contributed by atoms with E-state index in [9.17, 15) is 9.59 Å². The number of rotatable bonds is 2. The SMILES string of the molecule is O=C1CC2(CCCCC2)C(=O)N1Cc1cc(Cl)c2c(c1)OCO2. The highest BCUT2D eigenvalue weighted by atomic mass is 35.5. The minimum absolute atomic E-state index is 0.0176. The van der Waals surface area contributed by atoms with Gasteiger partial charge in [-0.15, -0.1) is 0 Å². The molecule has 23 heavy (non-hydrogen) atoms. The van der Waals surface area contributed by atoms with Gasteiger partial charge in [-0.2, -0.15) is 0 Å². The molecule has 0 atom stereocenters. The maximum Gasteiger partial charge on any atom is 0.236 e. The first-order chi connectivity index (χ1) is 11.1. The van der Waals surface area contributed by atoms with E-state index in [-0.39, 0.29) is 25.2 Å². The number of hydrogen-bond acceptors (Lipinski definition) is 4. The molecule has 5 nitrogen and oxygen atoms in total. The molecule has 2 amide bonds. The molecule has 1 aromatic carbocycles. The topological polar surface area (TPSA) is 55.8 Å². The molecule has 1 saturated heterocycles. The van der Waals surface area contributed by atoms with Crippen LogP contribution in [0.3, 0.4) is 0 Å². The van der Waals surface area contributed by atoms with Crippen molar-refractivity contribution in [2.45, 2.75) is 45.1 Å². The van der Waals surface area contributed by atoms with Crippen molar-refractivity contribution in [3.63, 3.8) is 0 Å². The van der Waals surface area contributed by atoms with Crippen molar-refractivity contribution in [3.8, 4) is 11.5 Å². The van der Waals surface area contributed by atoms with Gasteiger partial charge < -0.3 is 9.47 Å². The number of nitrogens with zero attached hydrogens (tertiary/aromatic N) is 1. The molecule has 3 aliphatic rings. The fourth-order valence-electron chi connectivity index (χ4n) is 3.93. The summed E-state index contributed by atoms with van der Waals surface area (Å²) in [6.07, 6.45) is 5.22. The third kappa shape index (κ3) is 2.38. The van der Waals surface area contributed by atoms with Gasteiger partial charge in [0.15, 0.2) is 11.5 Å². The summed E-state index contributed by atoms with van der Waals surface area (Å²) in [4.78, 5) is 26.6. The molecule has 1 saturated carbocycles. The van der Waals surface area contributed by atoms with Crippen molar-refractivity contribution in [1.82, 2.24) is 4.90 Å². The maximum absolute atomic E-state index is 12.8. The molecule has 2 aliphatic heterocycles. The third-order valence-corrected chi connectivity index (χ3v) is 5.41. The second kappa shape index (κ2) is 5.41. The van der Waals surface area contributed by atoms with E-state index < -0.39 is 5.41 Å². The molecule has 0 bridgehead atoms. The Balaban J connectivity index is 1.58. The lowest BCUT2D eigenvalue weighted by Gasteiger charge is -2.30. The van der Waals surface area contributed by atoms with E-state index >= 15 is 0 Å². The summed E-state index contributed by atoms with van der Waals surface area (Å²) in [5.41, 5.74) is 0.337. The van der Waals surface area contributed by atoms with Crippen LogP contribution in [0.15, 0.2) is 12.1 Å². The summed E-state index contributed by atoms with van der Waals surface area (Å²) >= 11 is 6.18. The largest absolute Gasteiger partial charge is 0.454 e. The lowest BCUT2D eigenvalue weighted by atomic mass is 9.73. The van der Waals surface area contributed by atoms with Crippen LogP contribution in [-0.4, -0.2) is 23.5 Å².